The van der Waals surface area contributed by atoms with Gasteiger partial charge in [-0.15, -0.1) is 10.2 Å². The minimum absolute atomic E-state index is 0.149. The van der Waals surface area contributed by atoms with E-state index in [-0.39, 0.29) is 30.7 Å². The summed E-state index contributed by atoms with van der Waals surface area (Å²) in [4.78, 5) is 14.2. The van der Waals surface area contributed by atoms with Crippen LogP contribution in [0.5, 0.6) is 0 Å². The molecule has 3 unspecified atom stereocenters. The predicted molar refractivity (Wildman–Crippen MR) is 85.9 cm³/mol. The fourth-order valence-corrected chi connectivity index (χ4v) is 3.94. The molecule has 2 bridgehead atoms. The van der Waals surface area contributed by atoms with E-state index in [4.69, 9.17) is 5.73 Å². The van der Waals surface area contributed by atoms with Crippen LogP contribution in [-0.2, 0) is 17.4 Å². The van der Waals surface area contributed by atoms with Crippen LogP contribution < -0.4 is 5.73 Å². The van der Waals surface area contributed by atoms with Crippen LogP contribution in [0.2, 0.25) is 0 Å². The number of rotatable bonds is 4. The second kappa shape index (κ2) is 6.08. The molecule has 2 aliphatic heterocycles. The normalized spacial score (nSPS) is 22.5. The van der Waals surface area contributed by atoms with Crippen molar-refractivity contribution in [2.45, 2.75) is 43.6 Å². The number of benzene rings is 1. The van der Waals surface area contributed by atoms with Crippen LogP contribution in [0, 0.1) is 0 Å². The Morgan fingerprint density at radius 2 is 2.00 bits per heavy atom. The number of hydrogen-bond donors (Lipinski definition) is 1. The van der Waals surface area contributed by atoms with Gasteiger partial charge in [0, 0.05) is 19.0 Å². The standard InChI is InChI=1S/C17H18F3N5O/c18-17(19,20)16-23-22-15-13-8-12(25(15)16)9-24(13)14(26)7-11(21)6-10-4-2-1-3-5-10/h1-5,11-13H,6-9,21H2. The first-order chi connectivity index (χ1) is 12.3. The van der Waals surface area contributed by atoms with E-state index in [1.807, 2.05) is 30.3 Å². The number of likely N-dealkylation sites (tertiary alicyclic amines) is 1. The fraction of sp³-hybridized carbons (Fsp3) is 0.471. The van der Waals surface area contributed by atoms with Gasteiger partial charge in [0.05, 0.1) is 12.1 Å². The second-order valence-corrected chi connectivity index (χ2v) is 6.85. The van der Waals surface area contributed by atoms with Gasteiger partial charge < -0.3 is 15.2 Å². The number of nitrogens with two attached hydrogens (primary N) is 1. The Morgan fingerprint density at radius 1 is 1.27 bits per heavy atom. The van der Waals surface area contributed by atoms with Crippen molar-refractivity contribution in [3.05, 3.63) is 47.5 Å². The molecule has 1 saturated heterocycles. The SMILES string of the molecule is NC(CC(=O)N1CC2CC1c1nnc(C(F)(F)F)n12)Cc1ccccc1. The maximum Gasteiger partial charge on any atom is 0.451 e. The van der Waals surface area contributed by atoms with Gasteiger partial charge in [-0.3, -0.25) is 4.79 Å². The minimum Gasteiger partial charge on any atom is -0.330 e. The number of carbonyl (C=O) groups is 1. The summed E-state index contributed by atoms with van der Waals surface area (Å²) in [7, 11) is 0. The number of carbonyl (C=O) groups excluding carboxylic acids is 1. The maximum absolute atomic E-state index is 13.0. The zero-order chi connectivity index (χ0) is 18.5. The number of alkyl halides is 3. The van der Waals surface area contributed by atoms with E-state index < -0.39 is 24.1 Å². The largest absolute Gasteiger partial charge is 0.451 e. The Labute approximate surface area is 147 Å². The molecule has 3 atom stereocenters. The molecule has 138 valence electrons. The number of fused-ring (bicyclic) bond motifs is 5. The molecule has 0 aliphatic carbocycles. The summed E-state index contributed by atoms with van der Waals surface area (Å²) in [5.41, 5.74) is 7.15. The molecule has 3 heterocycles. The lowest BCUT2D eigenvalue weighted by atomic mass is 10.0. The van der Waals surface area contributed by atoms with Gasteiger partial charge in [0.25, 0.3) is 0 Å². The van der Waals surface area contributed by atoms with Gasteiger partial charge in [0.1, 0.15) is 0 Å². The van der Waals surface area contributed by atoms with Crippen LogP contribution >= 0.6 is 0 Å². The van der Waals surface area contributed by atoms with E-state index in [1.165, 1.54) is 0 Å². The van der Waals surface area contributed by atoms with Gasteiger partial charge in [-0.2, -0.15) is 13.2 Å². The average Bonchev–Trinajstić information content (AvgIpc) is 3.26. The summed E-state index contributed by atoms with van der Waals surface area (Å²) < 4.78 is 40.2. The van der Waals surface area contributed by atoms with Crippen LogP contribution in [0.4, 0.5) is 13.2 Å². The van der Waals surface area contributed by atoms with Crippen LogP contribution in [0.25, 0.3) is 0 Å². The Morgan fingerprint density at radius 3 is 2.69 bits per heavy atom. The van der Waals surface area contributed by atoms with Crippen molar-refractivity contribution in [3.63, 3.8) is 0 Å². The zero-order valence-electron chi connectivity index (χ0n) is 13.9. The molecule has 26 heavy (non-hydrogen) atoms. The highest BCUT2D eigenvalue weighted by Gasteiger charge is 2.51. The molecule has 1 aromatic heterocycles. The van der Waals surface area contributed by atoms with Crippen LogP contribution in [0.15, 0.2) is 30.3 Å². The molecular weight excluding hydrogens is 347 g/mol. The Balaban J connectivity index is 1.44. The lowest BCUT2D eigenvalue weighted by Crippen LogP contribution is -2.39. The predicted octanol–water partition coefficient (Wildman–Crippen LogP) is 2.09. The number of nitrogens with zero attached hydrogens (tertiary/aromatic N) is 4. The molecular formula is C17H18F3N5O. The summed E-state index contributed by atoms with van der Waals surface area (Å²) in [6.07, 6.45) is -3.36. The number of amides is 1. The summed E-state index contributed by atoms with van der Waals surface area (Å²) in [6.45, 7) is 0.246. The monoisotopic (exact) mass is 365 g/mol. The number of aromatic nitrogens is 3. The highest BCUT2D eigenvalue weighted by Crippen LogP contribution is 2.47. The fourth-order valence-electron chi connectivity index (χ4n) is 3.94. The molecule has 4 rings (SSSR count). The van der Waals surface area contributed by atoms with Crippen LogP contribution in [0.3, 0.4) is 0 Å². The Bertz CT molecular complexity index is 820. The lowest BCUT2D eigenvalue weighted by Gasteiger charge is -2.28. The Kier molecular flexibility index (Phi) is 3.98. The van der Waals surface area contributed by atoms with E-state index in [9.17, 15) is 18.0 Å². The van der Waals surface area contributed by atoms with E-state index in [1.54, 1.807) is 4.90 Å². The highest BCUT2D eigenvalue weighted by molar-refractivity contribution is 5.78. The van der Waals surface area contributed by atoms with E-state index in [2.05, 4.69) is 10.2 Å². The molecule has 1 fully saturated rings. The van der Waals surface area contributed by atoms with Crippen molar-refractivity contribution < 1.29 is 18.0 Å². The van der Waals surface area contributed by atoms with Crippen molar-refractivity contribution in [2.24, 2.45) is 5.73 Å². The molecule has 1 amide bonds. The van der Waals surface area contributed by atoms with Gasteiger partial charge in [0.2, 0.25) is 11.7 Å². The molecule has 0 radical (unpaired) electrons. The third-order valence-electron chi connectivity index (χ3n) is 5.02. The molecule has 1 aromatic carbocycles. The van der Waals surface area contributed by atoms with Crippen LogP contribution in [-0.4, -0.2) is 38.2 Å². The molecule has 2 aromatic rings. The number of hydrogen-bond acceptors (Lipinski definition) is 4. The maximum atomic E-state index is 13.0. The average molecular weight is 365 g/mol. The topological polar surface area (TPSA) is 77.0 Å². The quantitative estimate of drug-likeness (QED) is 0.900. The molecule has 0 spiro atoms. The lowest BCUT2D eigenvalue weighted by molar-refractivity contribution is -0.148. The molecule has 6 nitrogen and oxygen atoms in total. The van der Waals surface area contributed by atoms with Gasteiger partial charge in [-0.05, 0) is 18.4 Å². The zero-order valence-corrected chi connectivity index (χ0v) is 13.9. The van der Waals surface area contributed by atoms with Crippen molar-refractivity contribution in [3.8, 4) is 0 Å². The van der Waals surface area contributed by atoms with E-state index in [0.717, 1.165) is 10.1 Å². The summed E-state index contributed by atoms with van der Waals surface area (Å²) in [5.74, 6) is -0.907. The molecule has 2 aliphatic rings. The minimum atomic E-state index is -4.54. The first-order valence-corrected chi connectivity index (χ1v) is 8.45. The van der Waals surface area contributed by atoms with Gasteiger partial charge >= 0.3 is 6.18 Å². The molecule has 9 heteroatoms. The van der Waals surface area contributed by atoms with Gasteiger partial charge in [-0.25, -0.2) is 0 Å². The van der Waals surface area contributed by atoms with Crippen molar-refractivity contribution in [2.75, 3.05) is 6.54 Å². The van der Waals surface area contributed by atoms with Crippen molar-refractivity contribution in [1.82, 2.24) is 19.7 Å². The van der Waals surface area contributed by atoms with Crippen molar-refractivity contribution >= 4 is 5.91 Å². The smallest absolute Gasteiger partial charge is 0.330 e. The summed E-state index contributed by atoms with van der Waals surface area (Å²) in [5, 5.41) is 6.98. The third kappa shape index (κ3) is 2.86. The Hall–Kier alpha value is -2.42. The molecule has 0 saturated carbocycles. The van der Waals surface area contributed by atoms with Crippen LogP contribution in [0.1, 0.15) is 42.1 Å². The first-order valence-electron chi connectivity index (χ1n) is 8.45. The van der Waals surface area contributed by atoms with E-state index in [0.29, 0.717) is 12.8 Å². The van der Waals surface area contributed by atoms with Gasteiger partial charge in [-0.1, -0.05) is 30.3 Å². The summed E-state index contributed by atoms with van der Waals surface area (Å²) >= 11 is 0. The highest BCUT2D eigenvalue weighted by atomic mass is 19.4. The number of halogens is 3. The first kappa shape index (κ1) is 17.0. The van der Waals surface area contributed by atoms with E-state index >= 15 is 0 Å². The third-order valence-corrected chi connectivity index (χ3v) is 5.02. The summed E-state index contributed by atoms with van der Waals surface area (Å²) in [6, 6.07) is 8.42. The van der Waals surface area contributed by atoms with Crippen molar-refractivity contribution in [1.29, 1.82) is 0 Å². The molecule has 2 N–H and O–H groups in total. The van der Waals surface area contributed by atoms with Gasteiger partial charge in [0.15, 0.2) is 5.82 Å². The second-order valence-electron chi connectivity index (χ2n) is 6.85.